The molecule has 24 heavy (non-hydrogen) atoms. The molecule has 1 fully saturated rings. The SMILES string of the molecule is Cc1cc(NCCN2CCOC2=O)nc(Nc2cccc(O)c2)n1. The molecule has 0 aliphatic carbocycles. The topological polar surface area (TPSA) is 99.6 Å². The molecular weight excluding hydrogens is 310 g/mol. The lowest BCUT2D eigenvalue weighted by atomic mass is 10.3. The molecule has 8 nitrogen and oxygen atoms in total. The number of hydrogen-bond donors (Lipinski definition) is 3. The molecule has 1 aliphatic heterocycles. The van der Waals surface area contributed by atoms with Gasteiger partial charge in [0.1, 0.15) is 18.2 Å². The molecule has 0 bridgehead atoms. The van der Waals surface area contributed by atoms with Crippen LogP contribution in [0.3, 0.4) is 0 Å². The van der Waals surface area contributed by atoms with E-state index in [1.807, 2.05) is 19.1 Å². The number of hydrogen-bond acceptors (Lipinski definition) is 7. The second-order valence-corrected chi connectivity index (χ2v) is 5.42. The highest BCUT2D eigenvalue weighted by atomic mass is 16.6. The molecule has 1 saturated heterocycles. The Kier molecular flexibility index (Phi) is 4.64. The fourth-order valence-electron chi connectivity index (χ4n) is 2.38. The highest BCUT2D eigenvalue weighted by molar-refractivity contribution is 5.69. The van der Waals surface area contributed by atoms with Gasteiger partial charge in [0.15, 0.2) is 0 Å². The van der Waals surface area contributed by atoms with Crippen molar-refractivity contribution in [2.24, 2.45) is 0 Å². The van der Waals surface area contributed by atoms with E-state index in [0.717, 1.165) is 5.69 Å². The number of phenolic OH excluding ortho intramolecular Hbond substituents is 1. The molecule has 0 spiro atoms. The van der Waals surface area contributed by atoms with Gasteiger partial charge in [0.25, 0.3) is 0 Å². The summed E-state index contributed by atoms with van der Waals surface area (Å²) in [5.74, 6) is 1.27. The van der Waals surface area contributed by atoms with Gasteiger partial charge in [0.05, 0.1) is 6.54 Å². The Morgan fingerprint density at radius 3 is 2.96 bits per heavy atom. The Labute approximate surface area is 139 Å². The van der Waals surface area contributed by atoms with Crippen molar-refractivity contribution in [3.05, 3.63) is 36.0 Å². The zero-order valence-electron chi connectivity index (χ0n) is 13.3. The summed E-state index contributed by atoms with van der Waals surface area (Å²) in [5, 5.41) is 15.7. The van der Waals surface area contributed by atoms with Gasteiger partial charge in [-0.15, -0.1) is 0 Å². The summed E-state index contributed by atoms with van der Waals surface area (Å²) in [4.78, 5) is 21.7. The molecule has 1 aromatic carbocycles. The number of amides is 1. The first-order valence-electron chi connectivity index (χ1n) is 7.67. The number of carbonyl (C=O) groups excluding carboxylic acids is 1. The third-order valence-corrected chi connectivity index (χ3v) is 3.49. The van der Waals surface area contributed by atoms with E-state index in [2.05, 4.69) is 20.6 Å². The van der Waals surface area contributed by atoms with Crippen LogP contribution in [0.4, 0.5) is 22.2 Å². The van der Waals surface area contributed by atoms with E-state index in [4.69, 9.17) is 4.74 Å². The van der Waals surface area contributed by atoms with Gasteiger partial charge in [0.2, 0.25) is 5.95 Å². The minimum atomic E-state index is -0.276. The number of aromatic nitrogens is 2. The summed E-state index contributed by atoms with van der Waals surface area (Å²) in [6.07, 6.45) is -0.276. The summed E-state index contributed by atoms with van der Waals surface area (Å²) >= 11 is 0. The Morgan fingerprint density at radius 2 is 2.21 bits per heavy atom. The van der Waals surface area contributed by atoms with Crippen molar-refractivity contribution in [1.29, 1.82) is 0 Å². The van der Waals surface area contributed by atoms with Crippen molar-refractivity contribution in [2.75, 3.05) is 36.9 Å². The first-order valence-corrected chi connectivity index (χ1v) is 7.67. The maximum Gasteiger partial charge on any atom is 0.409 e. The van der Waals surface area contributed by atoms with E-state index in [-0.39, 0.29) is 11.8 Å². The predicted molar refractivity (Wildman–Crippen MR) is 89.6 cm³/mol. The van der Waals surface area contributed by atoms with Crippen LogP contribution in [0.15, 0.2) is 30.3 Å². The molecule has 1 aromatic heterocycles. The third kappa shape index (κ3) is 4.03. The minimum Gasteiger partial charge on any atom is -0.508 e. The number of benzene rings is 1. The zero-order chi connectivity index (χ0) is 16.9. The lowest BCUT2D eigenvalue weighted by Gasteiger charge is -2.14. The monoisotopic (exact) mass is 329 g/mol. The summed E-state index contributed by atoms with van der Waals surface area (Å²) < 4.78 is 4.89. The number of rotatable bonds is 6. The number of phenols is 1. The second-order valence-electron chi connectivity index (χ2n) is 5.42. The number of carbonyl (C=O) groups is 1. The Morgan fingerprint density at radius 1 is 1.33 bits per heavy atom. The average Bonchev–Trinajstić information content (AvgIpc) is 2.92. The van der Waals surface area contributed by atoms with Gasteiger partial charge in [-0.05, 0) is 19.1 Å². The van der Waals surface area contributed by atoms with E-state index in [1.165, 1.54) is 0 Å². The van der Waals surface area contributed by atoms with Crippen LogP contribution in [0.25, 0.3) is 0 Å². The number of ether oxygens (including phenoxy) is 1. The number of aromatic hydroxyl groups is 1. The lowest BCUT2D eigenvalue weighted by Crippen LogP contribution is -2.29. The van der Waals surface area contributed by atoms with Crippen molar-refractivity contribution in [2.45, 2.75) is 6.92 Å². The van der Waals surface area contributed by atoms with Gasteiger partial charge in [-0.3, -0.25) is 0 Å². The van der Waals surface area contributed by atoms with Gasteiger partial charge in [-0.25, -0.2) is 9.78 Å². The van der Waals surface area contributed by atoms with Crippen LogP contribution in [0.1, 0.15) is 5.69 Å². The standard InChI is InChI=1S/C16H19N5O3/c1-11-9-14(17-5-6-21-7-8-24-16(21)23)20-15(18-11)19-12-3-2-4-13(22)10-12/h2-4,9-10,22H,5-8H2,1H3,(H2,17,18,19,20). The zero-order valence-corrected chi connectivity index (χ0v) is 13.3. The molecule has 126 valence electrons. The van der Waals surface area contributed by atoms with Gasteiger partial charge in [-0.2, -0.15) is 4.98 Å². The summed E-state index contributed by atoms with van der Waals surface area (Å²) in [6, 6.07) is 8.58. The van der Waals surface area contributed by atoms with Crippen LogP contribution in [0, 0.1) is 6.92 Å². The van der Waals surface area contributed by atoms with Crippen LogP contribution < -0.4 is 10.6 Å². The molecule has 0 unspecified atom stereocenters. The van der Waals surface area contributed by atoms with Crippen LogP contribution in [0.2, 0.25) is 0 Å². The Hall–Kier alpha value is -3.03. The lowest BCUT2D eigenvalue weighted by molar-refractivity contribution is 0.159. The molecule has 1 aliphatic rings. The summed E-state index contributed by atoms with van der Waals surface area (Å²) in [6.45, 7) is 4.06. The van der Waals surface area contributed by atoms with Crippen molar-refractivity contribution in [3.8, 4) is 5.75 Å². The normalized spacial score (nSPS) is 13.7. The first-order chi connectivity index (χ1) is 11.6. The van der Waals surface area contributed by atoms with E-state index in [1.54, 1.807) is 23.1 Å². The van der Waals surface area contributed by atoms with Crippen LogP contribution in [-0.4, -0.2) is 52.3 Å². The van der Waals surface area contributed by atoms with Crippen molar-refractivity contribution in [1.82, 2.24) is 14.9 Å². The molecule has 0 atom stereocenters. The maximum absolute atomic E-state index is 11.4. The first kappa shape index (κ1) is 15.9. The largest absolute Gasteiger partial charge is 0.508 e. The molecule has 0 saturated carbocycles. The molecule has 2 heterocycles. The third-order valence-electron chi connectivity index (χ3n) is 3.49. The van der Waals surface area contributed by atoms with Crippen molar-refractivity contribution in [3.63, 3.8) is 0 Å². The van der Waals surface area contributed by atoms with Crippen LogP contribution in [-0.2, 0) is 4.74 Å². The number of nitrogens with zero attached hydrogens (tertiary/aromatic N) is 3. The molecule has 8 heteroatoms. The van der Waals surface area contributed by atoms with Gasteiger partial charge in [0, 0.05) is 36.6 Å². The van der Waals surface area contributed by atoms with Crippen molar-refractivity contribution < 1.29 is 14.6 Å². The molecule has 0 radical (unpaired) electrons. The summed E-state index contributed by atoms with van der Waals surface area (Å²) in [7, 11) is 0. The molecule has 3 rings (SSSR count). The number of nitrogens with one attached hydrogen (secondary N) is 2. The second kappa shape index (κ2) is 7.03. The van der Waals surface area contributed by atoms with E-state index in [9.17, 15) is 9.90 Å². The number of cyclic esters (lactones) is 1. The Bertz CT molecular complexity index is 737. The number of aryl methyl sites for hydroxylation is 1. The fourth-order valence-corrected chi connectivity index (χ4v) is 2.38. The van der Waals surface area contributed by atoms with Gasteiger partial charge >= 0.3 is 6.09 Å². The summed E-state index contributed by atoms with van der Waals surface area (Å²) in [5.41, 5.74) is 1.50. The van der Waals surface area contributed by atoms with Crippen molar-refractivity contribution >= 4 is 23.5 Å². The van der Waals surface area contributed by atoms with E-state index >= 15 is 0 Å². The van der Waals surface area contributed by atoms with E-state index in [0.29, 0.717) is 43.7 Å². The fraction of sp³-hybridized carbons (Fsp3) is 0.312. The smallest absolute Gasteiger partial charge is 0.409 e. The molecule has 3 N–H and O–H groups in total. The quantitative estimate of drug-likeness (QED) is 0.746. The number of anilines is 3. The molecule has 2 aromatic rings. The van der Waals surface area contributed by atoms with E-state index < -0.39 is 0 Å². The maximum atomic E-state index is 11.4. The van der Waals surface area contributed by atoms with Crippen LogP contribution in [0.5, 0.6) is 5.75 Å². The highest BCUT2D eigenvalue weighted by Crippen LogP contribution is 2.19. The predicted octanol–water partition coefficient (Wildman–Crippen LogP) is 2.10. The van der Waals surface area contributed by atoms with Gasteiger partial charge in [-0.1, -0.05) is 6.07 Å². The van der Waals surface area contributed by atoms with Gasteiger partial charge < -0.3 is 25.4 Å². The van der Waals surface area contributed by atoms with Crippen LogP contribution >= 0.6 is 0 Å². The molecule has 1 amide bonds. The molecular formula is C16H19N5O3. The Balaban J connectivity index is 1.62. The minimum absolute atomic E-state index is 0.170. The highest BCUT2D eigenvalue weighted by Gasteiger charge is 2.20. The average molecular weight is 329 g/mol.